The van der Waals surface area contributed by atoms with Gasteiger partial charge in [-0.25, -0.2) is 4.99 Å². The van der Waals surface area contributed by atoms with E-state index in [1.807, 2.05) is 32.3 Å². The molecule has 0 spiro atoms. The molecule has 1 fully saturated rings. The van der Waals surface area contributed by atoms with Crippen molar-refractivity contribution in [1.82, 2.24) is 15.5 Å². The van der Waals surface area contributed by atoms with E-state index in [2.05, 4.69) is 28.5 Å². The maximum Gasteiger partial charge on any atom is 0.191 e. The lowest BCUT2D eigenvalue weighted by Gasteiger charge is -2.14. The maximum absolute atomic E-state index is 5.92. The van der Waals surface area contributed by atoms with Crippen molar-refractivity contribution < 1.29 is 9.47 Å². The lowest BCUT2D eigenvalue weighted by atomic mass is 10.2. The second kappa shape index (κ2) is 12.6. The van der Waals surface area contributed by atoms with Crippen molar-refractivity contribution in [3.8, 4) is 5.75 Å². The number of para-hydroxylation sites is 1. The normalized spacial score (nSPS) is 14.4. The third-order valence-corrected chi connectivity index (χ3v) is 4.33. The summed E-state index contributed by atoms with van der Waals surface area (Å²) in [6.07, 6.45) is 3.67. The van der Waals surface area contributed by atoms with Gasteiger partial charge in [-0.3, -0.25) is 0 Å². The smallest absolute Gasteiger partial charge is 0.191 e. The number of benzene rings is 1. The molecule has 6 heteroatoms. The third-order valence-electron chi connectivity index (χ3n) is 4.33. The quantitative estimate of drug-likeness (QED) is 0.315. The van der Waals surface area contributed by atoms with Crippen molar-refractivity contribution in [2.45, 2.75) is 32.7 Å². The molecule has 1 aromatic carbocycles. The zero-order valence-corrected chi connectivity index (χ0v) is 17.2. The highest BCUT2D eigenvalue weighted by Crippen LogP contribution is 2.28. The minimum Gasteiger partial charge on any atom is -0.492 e. The molecule has 0 amide bonds. The summed E-state index contributed by atoms with van der Waals surface area (Å²) >= 11 is 0. The zero-order valence-electron chi connectivity index (χ0n) is 17.2. The number of likely N-dealkylation sites (N-methyl/N-ethyl adjacent to an activating group) is 1. The lowest BCUT2D eigenvalue weighted by Crippen LogP contribution is -2.38. The van der Waals surface area contributed by atoms with E-state index >= 15 is 0 Å². The van der Waals surface area contributed by atoms with Gasteiger partial charge in [-0.2, -0.15) is 0 Å². The van der Waals surface area contributed by atoms with E-state index in [4.69, 9.17) is 14.5 Å². The molecule has 6 nitrogen and oxygen atoms in total. The van der Waals surface area contributed by atoms with Crippen molar-refractivity contribution in [1.29, 1.82) is 0 Å². The van der Waals surface area contributed by atoms with E-state index in [1.165, 1.54) is 12.8 Å². The Balaban J connectivity index is 1.76. The second-order valence-corrected chi connectivity index (χ2v) is 7.25. The molecule has 2 rings (SSSR count). The van der Waals surface area contributed by atoms with E-state index in [1.54, 1.807) is 0 Å². The van der Waals surface area contributed by atoms with Crippen LogP contribution in [0.5, 0.6) is 5.75 Å². The SMILES string of the molecule is CCNC(=NCc1ccccc1OCCN(C)C)NCCCOCC1CC1. The molecule has 1 aliphatic carbocycles. The average molecular weight is 377 g/mol. The molecule has 1 aliphatic rings. The number of rotatable bonds is 13. The summed E-state index contributed by atoms with van der Waals surface area (Å²) in [4.78, 5) is 6.82. The third kappa shape index (κ3) is 9.63. The zero-order chi connectivity index (χ0) is 19.3. The van der Waals surface area contributed by atoms with Crippen LogP contribution in [-0.2, 0) is 11.3 Å². The first-order valence-corrected chi connectivity index (χ1v) is 10.1. The highest BCUT2D eigenvalue weighted by Gasteiger charge is 2.20. The van der Waals surface area contributed by atoms with Gasteiger partial charge < -0.3 is 25.0 Å². The van der Waals surface area contributed by atoms with Crippen LogP contribution in [0.2, 0.25) is 0 Å². The Kier molecular flexibility index (Phi) is 10.0. The van der Waals surface area contributed by atoms with Crippen molar-refractivity contribution in [3.05, 3.63) is 29.8 Å². The van der Waals surface area contributed by atoms with Crippen LogP contribution in [0.3, 0.4) is 0 Å². The highest BCUT2D eigenvalue weighted by atomic mass is 16.5. The van der Waals surface area contributed by atoms with Gasteiger partial charge in [-0.05, 0) is 52.3 Å². The van der Waals surface area contributed by atoms with Crippen molar-refractivity contribution in [3.63, 3.8) is 0 Å². The number of nitrogens with one attached hydrogen (secondary N) is 2. The summed E-state index contributed by atoms with van der Waals surface area (Å²) in [7, 11) is 4.09. The summed E-state index contributed by atoms with van der Waals surface area (Å²) in [6.45, 7) is 7.67. The van der Waals surface area contributed by atoms with E-state index in [9.17, 15) is 0 Å². The Morgan fingerprint density at radius 3 is 2.74 bits per heavy atom. The Morgan fingerprint density at radius 1 is 1.19 bits per heavy atom. The Bertz CT molecular complexity index is 559. The number of ether oxygens (including phenoxy) is 2. The molecule has 0 aliphatic heterocycles. The predicted octanol–water partition coefficient (Wildman–Crippen LogP) is 2.50. The van der Waals surface area contributed by atoms with Gasteiger partial charge in [0.1, 0.15) is 12.4 Å². The van der Waals surface area contributed by atoms with Crippen molar-refractivity contribution >= 4 is 5.96 Å². The van der Waals surface area contributed by atoms with Crippen LogP contribution in [0.4, 0.5) is 0 Å². The molecule has 0 atom stereocenters. The largest absolute Gasteiger partial charge is 0.492 e. The molecule has 27 heavy (non-hydrogen) atoms. The topological polar surface area (TPSA) is 58.1 Å². The van der Waals surface area contributed by atoms with E-state index in [0.29, 0.717) is 13.2 Å². The summed E-state index contributed by atoms with van der Waals surface area (Å²) in [5, 5.41) is 6.68. The summed E-state index contributed by atoms with van der Waals surface area (Å²) in [5.74, 6) is 2.58. The van der Waals surface area contributed by atoms with Gasteiger partial charge in [0.15, 0.2) is 5.96 Å². The number of guanidine groups is 1. The first-order valence-electron chi connectivity index (χ1n) is 10.1. The maximum atomic E-state index is 5.92. The fourth-order valence-corrected chi connectivity index (χ4v) is 2.53. The monoisotopic (exact) mass is 376 g/mol. The number of hydrogen-bond acceptors (Lipinski definition) is 4. The Hall–Kier alpha value is -1.79. The first kappa shape index (κ1) is 21.5. The standard InChI is InChI=1S/C21H36N4O2/c1-4-22-21(23-12-7-14-26-17-18-10-11-18)24-16-19-8-5-6-9-20(19)27-15-13-25(2)3/h5-6,8-9,18H,4,7,10-17H2,1-3H3,(H2,22,23,24). The van der Waals surface area contributed by atoms with Gasteiger partial charge in [-0.15, -0.1) is 0 Å². The van der Waals surface area contributed by atoms with Crippen LogP contribution in [0.25, 0.3) is 0 Å². The van der Waals surface area contributed by atoms with Crippen molar-refractivity contribution in [2.24, 2.45) is 10.9 Å². The molecule has 0 heterocycles. The molecule has 0 aromatic heterocycles. The average Bonchev–Trinajstić information content (AvgIpc) is 3.47. The minimum atomic E-state index is 0.589. The predicted molar refractivity (Wildman–Crippen MR) is 111 cm³/mol. The molecule has 1 aromatic rings. The summed E-state index contributed by atoms with van der Waals surface area (Å²) in [5.41, 5.74) is 1.10. The molecule has 0 saturated heterocycles. The van der Waals surface area contributed by atoms with Crippen LogP contribution in [-0.4, -0.2) is 64.4 Å². The van der Waals surface area contributed by atoms with Gasteiger partial charge in [0.05, 0.1) is 6.54 Å². The molecule has 152 valence electrons. The fraction of sp³-hybridized carbons (Fsp3) is 0.667. The molecular weight excluding hydrogens is 340 g/mol. The molecule has 0 bridgehead atoms. The van der Waals surface area contributed by atoms with Crippen LogP contribution < -0.4 is 15.4 Å². The molecule has 0 unspecified atom stereocenters. The van der Waals surface area contributed by atoms with Gasteiger partial charge >= 0.3 is 0 Å². The van der Waals surface area contributed by atoms with Gasteiger partial charge in [0.2, 0.25) is 0 Å². The Morgan fingerprint density at radius 2 is 2.00 bits per heavy atom. The Labute approximate surface area is 164 Å². The number of nitrogens with zero attached hydrogens (tertiary/aromatic N) is 2. The second-order valence-electron chi connectivity index (χ2n) is 7.25. The van der Waals surface area contributed by atoms with Crippen LogP contribution in [0, 0.1) is 5.92 Å². The minimum absolute atomic E-state index is 0.589. The summed E-state index contributed by atoms with van der Waals surface area (Å²) < 4.78 is 11.6. The molecule has 2 N–H and O–H groups in total. The van der Waals surface area contributed by atoms with Gasteiger partial charge in [0, 0.05) is 38.4 Å². The van der Waals surface area contributed by atoms with Crippen LogP contribution >= 0.6 is 0 Å². The van der Waals surface area contributed by atoms with Gasteiger partial charge in [-0.1, -0.05) is 18.2 Å². The lowest BCUT2D eigenvalue weighted by molar-refractivity contribution is 0.123. The molecule has 1 saturated carbocycles. The number of aliphatic imine (C=N–C) groups is 1. The van der Waals surface area contributed by atoms with Crippen LogP contribution in [0.1, 0.15) is 31.7 Å². The van der Waals surface area contributed by atoms with Crippen molar-refractivity contribution in [2.75, 3.05) is 53.6 Å². The van der Waals surface area contributed by atoms with E-state index in [-0.39, 0.29) is 0 Å². The van der Waals surface area contributed by atoms with Crippen LogP contribution in [0.15, 0.2) is 29.3 Å². The number of hydrogen-bond donors (Lipinski definition) is 2. The fourth-order valence-electron chi connectivity index (χ4n) is 2.53. The summed E-state index contributed by atoms with van der Waals surface area (Å²) in [6, 6.07) is 8.12. The van der Waals surface area contributed by atoms with E-state index in [0.717, 1.165) is 62.5 Å². The molecule has 0 radical (unpaired) electrons. The van der Waals surface area contributed by atoms with Gasteiger partial charge in [0.25, 0.3) is 0 Å². The molecular formula is C21H36N4O2. The highest BCUT2D eigenvalue weighted by molar-refractivity contribution is 5.79. The van der Waals surface area contributed by atoms with E-state index < -0.39 is 0 Å². The first-order chi connectivity index (χ1) is 13.2.